The first-order chi connectivity index (χ1) is 11.5. The number of hydrogen-bond acceptors (Lipinski definition) is 5. The molecule has 1 N–H and O–H groups in total. The van der Waals surface area contributed by atoms with Crippen LogP contribution in [0, 0.1) is 0 Å². The van der Waals surface area contributed by atoms with Gasteiger partial charge in [0.1, 0.15) is 0 Å². The first-order valence-electron chi connectivity index (χ1n) is 7.08. The van der Waals surface area contributed by atoms with Gasteiger partial charge in [0.05, 0.1) is 11.1 Å². The zero-order chi connectivity index (χ0) is 17.2. The number of Topliss-reactive ketones (excluding diaryl/α,β-unsaturated/α-hetero) is 1. The summed E-state index contributed by atoms with van der Waals surface area (Å²) in [5.74, 6) is 0.405. The predicted molar refractivity (Wildman–Crippen MR) is 89.2 cm³/mol. The molecule has 0 amide bonds. The predicted octanol–water partition coefficient (Wildman–Crippen LogP) is 3.35. The molecule has 3 rings (SSSR count). The third-order valence-electron chi connectivity index (χ3n) is 3.40. The van der Waals surface area contributed by atoms with E-state index in [1.807, 2.05) is 0 Å². The summed E-state index contributed by atoms with van der Waals surface area (Å²) >= 11 is 0. The number of sulfonamides is 1. The molecule has 0 unspecified atom stereocenters. The van der Waals surface area contributed by atoms with Crippen LogP contribution in [-0.4, -0.2) is 19.2 Å². The highest BCUT2D eigenvalue weighted by Gasteiger charge is 2.15. The van der Waals surface area contributed by atoms with Crippen molar-refractivity contribution < 1.29 is 17.6 Å². The van der Waals surface area contributed by atoms with Crippen molar-refractivity contribution in [2.24, 2.45) is 0 Å². The summed E-state index contributed by atoms with van der Waals surface area (Å²) in [5, 5.41) is 0. The molecule has 3 aromatic rings. The maximum Gasteiger partial charge on any atom is 0.261 e. The number of carbonyl (C=O) groups excluding carboxylic acids is 1. The van der Waals surface area contributed by atoms with Gasteiger partial charge in [-0.25, -0.2) is 13.4 Å². The number of oxazole rings is 1. The fraction of sp³-hybridized carbons (Fsp3) is 0.0588. The van der Waals surface area contributed by atoms with E-state index in [-0.39, 0.29) is 10.7 Å². The zero-order valence-electron chi connectivity index (χ0n) is 12.8. The van der Waals surface area contributed by atoms with E-state index in [1.54, 1.807) is 36.5 Å². The number of nitrogens with zero attached hydrogens (tertiary/aromatic N) is 1. The number of anilines is 1. The molecule has 0 fully saturated rings. The molecule has 1 aromatic heterocycles. The molecular formula is C17H14N2O4S. The molecule has 24 heavy (non-hydrogen) atoms. The fourth-order valence-corrected chi connectivity index (χ4v) is 3.26. The van der Waals surface area contributed by atoms with Crippen LogP contribution in [-0.2, 0) is 10.0 Å². The van der Waals surface area contributed by atoms with E-state index in [9.17, 15) is 13.2 Å². The Morgan fingerprint density at radius 3 is 2.50 bits per heavy atom. The van der Waals surface area contributed by atoms with Gasteiger partial charge in [-0.2, -0.15) is 0 Å². The van der Waals surface area contributed by atoms with Crippen LogP contribution in [0.5, 0.6) is 0 Å². The van der Waals surface area contributed by atoms with Crippen molar-refractivity contribution in [3.8, 4) is 11.3 Å². The van der Waals surface area contributed by atoms with Crippen LogP contribution in [0.15, 0.2) is 70.4 Å². The molecule has 0 spiro atoms. The van der Waals surface area contributed by atoms with E-state index in [2.05, 4.69) is 9.71 Å². The van der Waals surface area contributed by atoms with Gasteiger partial charge in [0.15, 0.2) is 17.9 Å². The quantitative estimate of drug-likeness (QED) is 0.718. The Labute approximate surface area is 139 Å². The van der Waals surface area contributed by atoms with Crippen molar-refractivity contribution in [2.45, 2.75) is 11.8 Å². The van der Waals surface area contributed by atoms with Gasteiger partial charge < -0.3 is 4.42 Å². The largest absolute Gasteiger partial charge is 0.444 e. The summed E-state index contributed by atoms with van der Waals surface area (Å²) in [5.41, 5.74) is 1.54. The molecule has 0 bridgehead atoms. The lowest BCUT2D eigenvalue weighted by atomic mass is 10.2. The second-order valence-electron chi connectivity index (χ2n) is 5.13. The Kier molecular flexibility index (Phi) is 4.18. The molecule has 2 aromatic carbocycles. The minimum absolute atomic E-state index is 0.0366. The number of benzene rings is 2. The second-order valence-corrected chi connectivity index (χ2v) is 6.81. The van der Waals surface area contributed by atoms with E-state index < -0.39 is 10.0 Å². The fourth-order valence-electron chi connectivity index (χ4n) is 2.16. The molecule has 0 radical (unpaired) electrons. The lowest BCUT2D eigenvalue weighted by Gasteiger charge is -2.09. The van der Waals surface area contributed by atoms with Crippen LogP contribution >= 0.6 is 0 Å². The minimum Gasteiger partial charge on any atom is -0.444 e. The Hall–Kier alpha value is -2.93. The van der Waals surface area contributed by atoms with Crippen molar-refractivity contribution in [3.05, 3.63) is 66.7 Å². The van der Waals surface area contributed by atoms with E-state index in [1.165, 1.54) is 31.5 Å². The zero-order valence-corrected chi connectivity index (χ0v) is 13.6. The third-order valence-corrected chi connectivity index (χ3v) is 4.78. The topological polar surface area (TPSA) is 89.3 Å². The van der Waals surface area contributed by atoms with Gasteiger partial charge >= 0.3 is 0 Å². The van der Waals surface area contributed by atoms with Crippen LogP contribution in [0.4, 0.5) is 5.69 Å². The Morgan fingerprint density at radius 2 is 1.88 bits per heavy atom. The normalized spacial score (nSPS) is 11.2. The minimum atomic E-state index is -3.77. The van der Waals surface area contributed by atoms with E-state index in [0.717, 1.165) is 5.56 Å². The Balaban J connectivity index is 1.84. The Morgan fingerprint density at radius 1 is 1.12 bits per heavy atom. The van der Waals surface area contributed by atoms with Crippen LogP contribution in [0.3, 0.4) is 0 Å². The van der Waals surface area contributed by atoms with Gasteiger partial charge in [0.25, 0.3) is 10.0 Å². The molecule has 122 valence electrons. The van der Waals surface area contributed by atoms with Crippen LogP contribution in [0.25, 0.3) is 11.3 Å². The molecule has 7 heteroatoms. The van der Waals surface area contributed by atoms with Gasteiger partial charge in [-0.1, -0.05) is 12.1 Å². The van der Waals surface area contributed by atoms with Gasteiger partial charge in [-0.05, 0) is 43.3 Å². The summed E-state index contributed by atoms with van der Waals surface area (Å²) in [4.78, 5) is 15.3. The smallest absolute Gasteiger partial charge is 0.261 e. The Bertz CT molecular complexity index is 962. The van der Waals surface area contributed by atoms with Crippen molar-refractivity contribution in [2.75, 3.05) is 4.72 Å². The first-order valence-corrected chi connectivity index (χ1v) is 8.57. The number of nitrogens with one attached hydrogen (secondary N) is 1. The van der Waals surface area contributed by atoms with Crippen molar-refractivity contribution in [1.29, 1.82) is 0 Å². The molecule has 0 aliphatic carbocycles. The lowest BCUT2D eigenvalue weighted by Crippen LogP contribution is -2.13. The molecule has 0 saturated carbocycles. The molecule has 0 aliphatic rings. The molecule has 6 nitrogen and oxygen atoms in total. The highest BCUT2D eigenvalue weighted by Crippen LogP contribution is 2.22. The van der Waals surface area contributed by atoms with E-state index >= 15 is 0 Å². The number of rotatable bonds is 5. The maximum absolute atomic E-state index is 12.4. The number of ketones is 1. The van der Waals surface area contributed by atoms with Crippen molar-refractivity contribution in [3.63, 3.8) is 0 Å². The van der Waals surface area contributed by atoms with Gasteiger partial charge in [-0.3, -0.25) is 9.52 Å². The number of carbonyl (C=O) groups is 1. The SMILES string of the molecule is CC(=O)c1cccc(S(=O)(=O)Nc2ccc(-c3cnco3)cc2)c1. The number of aromatic nitrogens is 1. The third kappa shape index (κ3) is 3.36. The van der Waals surface area contributed by atoms with Crippen molar-refractivity contribution in [1.82, 2.24) is 4.98 Å². The maximum atomic E-state index is 12.4. The summed E-state index contributed by atoms with van der Waals surface area (Å²) in [6, 6.07) is 12.6. The second kappa shape index (κ2) is 6.29. The summed E-state index contributed by atoms with van der Waals surface area (Å²) in [7, 11) is -3.77. The molecule has 0 atom stereocenters. The molecule has 0 saturated heterocycles. The van der Waals surface area contributed by atoms with Crippen LogP contribution in [0.2, 0.25) is 0 Å². The molecular weight excluding hydrogens is 328 g/mol. The van der Waals surface area contributed by atoms with Crippen LogP contribution in [0.1, 0.15) is 17.3 Å². The van der Waals surface area contributed by atoms with Gasteiger partial charge in [-0.15, -0.1) is 0 Å². The summed E-state index contributed by atoms with van der Waals surface area (Å²) in [6.07, 6.45) is 2.90. The average molecular weight is 342 g/mol. The monoisotopic (exact) mass is 342 g/mol. The average Bonchev–Trinajstić information content (AvgIpc) is 3.10. The summed E-state index contributed by atoms with van der Waals surface area (Å²) < 4.78 is 32.5. The highest BCUT2D eigenvalue weighted by atomic mass is 32.2. The van der Waals surface area contributed by atoms with E-state index in [0.29, 0.717) is 17.0 Å². The first kappa shape index (κ1) is 15.9. The van der Waals surface area contributed by atoms with Gasteiger partial charge in [0, 0.05) is 16.8 Å². The summed E-state index contributed by atoms with van der Waals surface area (Å²) in [6.45, 7) is 1.39. The van der Waals surface area contributed by atoms with Gasteiger partial charge in [0.2, 0.25) is 0 Å². The molecule has 0 aliphatic heterocycles. The standard InChI is InChI=1S/C17H14N2O4S/c1-12(20)14-3-2-4-16(9-14)24(21,22)19-15-7-5-13(6-8-15)17-10-18-11-23-17/h2-11,19H,1H3. The van der Waals surface area contributed by atoms with Crippen molar-refractivity contribution >= 4 is 21.5 Å². The number of hydrogen-bond donors (Lipinski definition) is 1. The van der Waals surface area contributed by atoms with Crippen LogP contribution < -0.4 is 4.72 Å². The molecule has 1 heterocycles. The highest BCUT2D eigenvalue weighted by molar-refractivity contribution is 7.92. The lowest BCUT2D eigenvalue weighted by molar-refractivity contribution is 0.101. The van der Waals surface area contributed by atoms with E-state index in [4.69, 9.17) is 4.42 Å².